The summed E-state index contributed by atoms with van der Waals surface area (Å²) in [5, 5.41) is 11.4. The van der Waals surface area contributed by atoms with E-state index in [4.69, 9.17) is 4.74 Å². The summed E-state index contributed by atoms with van der Waals surface area (Å²) < 4.78 is 5.20. The highest BCUT2D eigenvalue weighted by Gasteiger charge is 2.49. The molecule has 0 aromatic heterocycles. The highest BCUT2D eigenvalue weighted by atomic mass is 16.5. The fourth-order valence-corrected chi connectivity index (χ4v) is 3.64. The van der Waals surface area contributed by atoms with E-state index in [1.54, 1.807) is 12.0 Å². The maximum absolute atomic E-state index is 13.3. The molecule has 1 atom stereocenters. The first-order valence-electron chi connectivity index (χ1n) is 8.92. The SMILES string of the molecule is COc1ccc(CN2C(=O)[C@@](O)(Cc3ccccc3)c3ccccc32)cc1. The molecule has 0 spiro atoms. The number of ether oxygens (including phenoxy) is 1. The average molecular weight is 359 g/mol. The Labute approximate surface area is 158 Å². The van der Waals surface area contributed by atoms with Gasteiger partial charge >= 0.3 is 0 Å². The summed E-state index contributed by atoms with van der Waals surface area (Å²) in [7, 11) is 1.62. The van der Waals surface area contributed by atoms with E-state index in [1.165, 1.54) is 0 Å². The van der Waals surface area contributed by atoms with Crippen molar-refractivity contribution in [2.24, 2.45) is 0 Å². The molecule has 4 heteroatoms. The van der Waals surface area contributed by atoms with Crippen molar-refractivity contribution in [1.82, 2.24) is 0 Å². The second-order valence-electron chi connectivity index (χ2n) is 6.78. The zero-order chi connectivity index (χ0) is 18.9. The van der Waals surface area contributed by atoms with Crippen LogP contribution in [0, 0.1) is 0 Å². The minimum Gasteiger partial charge on any atom is -0.497 e. The van der Waals surface area contributed by atoms with Crippen LogP contribution in [0.3, 0.4) is 0 Å². The van der Waals surface area contributed by atoms with Crippen LogP contribution in [0.25, 0.3) is 0 Å². The Morgan fingerprint density at radius 3 is 2.26 bits per heavy atom. The number of aliphatic hydroxyl groups is 1. The molecule has 0 fully saturated rings. The van der Waals surface area contributed by atoms with Crippen LogP contribution in [0.15, 0.2) is 78.9 Å². The molecule has 1 heterocycles. The molecule has 0 saturated heterocycles. The van der Waals surface area contributed by atoms with Crippen molar-refractivity contribution in [3.63, 3.8) is 0 Å². The van der Waals surface area contributed by atoms with E-state index >= 15 is 0 Å². The van der Waals surface area contributed by atoms with Crippen molar-refractivity contribution in [1.29, 1.82) is 0 Å². The minimum atomic E-state index is -1.55. The topological polar surface area (TPSA) is 49.8 Å². The van der Waals surface area contributed by atoms with E-state index in [1.807, 2.05) is 78.9 Å². The third-order valence-electron chi connectivity index (χ3n) is 5.04. The Kier molecular flexibility index (Phi) is 4.42. The number of nitrogens with zero attached hydrogens (tertiary/aromatic N) is 1. The monoisotopic (exact) mass is 359 g/mol. The predicted octanol–water partition coefficient (Wildman–Crippen LogP) is 3.67. The zero-order valence-electron chi connectivity index (χ0n) is 15.1. The van der Waals surface area contributed by atoms with Gasteiger partial charge in [-0.2, -0.15) is 0 Å². The zero-order valence-corrected chi connectivity index (χ0v) is 15.1. The Bertz CT molecular complexity index is 953. The summed E-state index contributed by atoms with van der Waals surface area (Å²) in [6, 6.07) is 24.7. The van der Waals surface area contributed by atoms with Gasteiger partial charge in [0.1, 0.15) is 5.75 Å². The Morgan fingerprint density at radius 1 is 0.889 bits per heavy atom. The van der Waals surface area contributed by atoms with E-state index in [-0.39, 0.29) is 12.3 Å². The molecule has 0 saturated carbocycles. The van der Waals surface area contributed by atoms with E-state index in [0.717, 1.165) is 22.6 Å². The van der Waals surface area contributed by atoms with E-state index in [2.05, 4.69) is 0 Å². The van der Waals surface area contributed by atoms with Crippen LogP contribution in [-0.4, -0.2) is 18.1 Å². The summed E-state index contributed by atoms with van der Waals surface area (Å²) in [6.07, 6.45) is 0.253. The quantitative estimate of drug-likeness (QED) is 0.756. The van der Waals surface area contributed by atoms with Gasteiger partial charge in [0.2, 0.25) is 0 Å². The number of fused-ring (bicyclic) bond motifs is 1. The second kappa shape index (κ2) is 6.89. The molecular weight excluding hydrogens is 338 g/mol. The number of hydrogen-bond acceptors (Lipinski definition) is 3. The van der Waals surface area contributed by atoms with Gasteiger partial charge in [0.15, 0.2) is 5.60 Å². The number of carbonyl (C=O) groups excluding carboxylic acids is 1. The largest absolute Gasteiger partial charge is 0.497 e. The van der Waals surface area contributed by atoms with Crippen LogP contribution < -0.4 is 9.64 Å². The van der Waals surface area contributed by atoms with Gasteiger partial charge in [0.25, 0.3) is 5.91 Å². The van der Waals surface area contributed by atoms with E-state index < -0.39 is 5.60 Å². The lowest BCUT2D eigenvalue weighted by Crippen LogP contribution is -2.41. The van der Waals surface area contributed by atoms with E-state index in [0.29, 0.717) is 12.1 Å². The van der Waals surface area contributed by atoms with Crippen LogP contribution >= 0.6 is 0 Å². The maximum Gasteiger partial charge on any atom is 0.264 e. The van der Waals surface area contributed by atoms with Gasteiger partial charge in [-0.15, -0.1) is 0 Å². The molecule has 4 nitrogen and oxygen atoms in total. The highest BCUT2D eigenvalue weighted by molar-refractivity contribution is 6.06. The molecular formula is C23H21NO3. The molecule has 0 unspecified atom stereocenters. The molecule has 136 valence electrons. The lowest BCUT2D eigenvalue weighted by atomic mass is 9.88. The first-order chi connectivity index (χ1) is 13.1. The Morgan fingerprint density at radius 2 is 1.56 bits per heavy atom. The normalized spacial score (nSPS) is 18.4. The smallest absolute Gasteiger partial charge is 0.264 e. The number of hydrogen-bond donors (Lipinski definition) is 1. The molecule has 0 aliphatic carbocycles. The molecule has 27 heavy (non-hydrogen) atoms. The molecule has 3 aromatic carbocycles. The lowest BCUT2D eigenvalue weighted by molar-refractivity contribution is -0.136. The maximum atomic E-state index is 13.3. The Hall–Kier alpha value is -3.11. The standard InChI is InChI=1S/C23H21NO3/c1-27-19-13-11-18(12-14-19)16-24-21-10-6-5-9-20(21)23(26,22(24)25)15-17-7-3-2-4-8-17/h2-14,26H,15-16H2,1H3/t23-/m1/s1. The molecule has 3 aromatic rings. The summed E-state index contributed by atoms with van der Waals surface area (Å²) >= 11 is 0. The third kappa shape index (κ3) is 3.09. The van der Waals surface area contributed by atoms with Crippen molar-refractivity contribution < 1.29 is 14.6 Å². The van der Waals surface area contributed by atoms with Crippen LogP contribution in [0.5, 0.6) is 5.75 Å². The van der Waals surface area contributed by atoms with Crippen LogP contribution in [-0.2, 0) is 23.4 Å². The minimum absolute atomic E-state index is 0.253. The Balaban J connectivity index is 1.68. The van der Waals surface area contributed by atoms with E-state index in [9.17, 15) is 9.90 Å². The molecule has 0 bridgehead atoms. The first kappa shape index (κ1) is 17.3. The van der Waals surface area contributed by atoms with Gasteiger partial charge in [-0.05, 0) is 29.3 Å². The number of benzene rings is 3. The van der Waals surface area contributed by atoms with Gasteiger partial charge in [0.05, 0.1) is 19.3 Å². The van der Waals surface area contributed by atoms with Crippen molar-refractivity contribution >= 4 is 11.6 Å². The molecule has 0 radical (unpaired) electrons. The third-order valence-corrected chi connectivity index (χ3v) is 5.04. The van der Waals surface area contributed by atoms with Gasteiger partial charge < -0.3 is 14.7 Å². The van der Waals surface area contributed by atoms with Crippen LogP contribution in [0.4, 0.5) is 5.69 Å². The van der Waals surface area contributed by atoms with Crippen molar-refractivity contribution in [3.05, 3.63) is 95.6 Å². The van der Waals surface area contributed by atoms with Gasteiger partial charge in [-0.3, -0.25) is 4.79 Å². The summed E-state index contributed by atoms with van der Waals surface area (Å²) in [6.45, 7) is 0.400. The fraction of sp³-hybridized carbons (Fsp3) is 0.174. The number of amides is 1. The fourth-order valence-electron chi connectivity index (χ4n) is 3.64. The van der Waals surface area contributed by atoms with Gasteiger partial charge in [-0.1, -0.05) is 60.7 Å². The van der Waals surface area contributed by atoms with Gasteiger partial charge in [-0.25, -0.2) is 0 Å². The molecule has 1 amide bonds. The number of carbonyl (C=O) groups is 1. The number of methoxy groups -OCH3 is 1. The van der Waals surface area contributed by atoms with Gasteiger partial charge in [0, 0.05) is 12.0 Å². The van der Waals surface area contributed by atoms with Crippen molar-refractivity contribution in [2.45, 2.75) is 18.6 Å². The molecule has 4 rings (SSSR count). The first-order valence-corrected chi connectivity index (χ1v) is 8.92. The number of para-hydroxylation sites is 1. The summed E-state index contributed by atoms with van der Waals surface area (Å²) in [5.41, 5.74) is 1.77. The predicted molar refractivity (Wildman–Crippen MR) is 105 cm³/mol. The molecule has 1 N–H and O–H groups in total. The second-order valence-corrected chi connectivity index (χ2v) is 6.78. The summed E-state index contributed by atoms with van der Waals surface area (Å²) in [5.74, 6) is 0.482. The number of rotatable bonds is 5. The molecule has 1 aliphatic rings. The average Bonchev–Trinajstić information content (AvgIpc) is 2.91. The van der Waals surface area contributed by atoms with Crippen molar-refractivity contribution in [3.8, 4) is 5.75 Å². The summed E-state index contributed by atoms with van der Waals surface area (Å²) in [4.78, 5) is 14.9. The lowest BCUT2D eigenvalue weighted by Gasteiger charge is -2.23. The number of anilines is 1. The van der Waals surface area contributed by atoms with Crippen LogP contribution in [0.1, 0.15) is 16.7 Å². The van der Waals surface area contributed by atoms with Crippen molar-refractivity contribution in [2.75, 3.05) is 12.0 Å². The molecule has 1 aliphatic heterocycles. The van der Waals surface area contributed by atoms with Crippen LogP contribution in [0.2, 0.25) is 0 Å². The highest BCUT2D eigenvalue weighted by Crippen LogP contribution is 2.42.